The molecule has 0 aliphatic carbocycles. The zero-order valence-corrected chi connectivity index (χ0v) is 16.5. The summed E-state index contributed by atoms with van der Waals surface area (Å²) >= 11 is 1.14. The molecule has 0 aliphatic heterocycles. The third kappa shape index (κ3) is 4.88. The molecule has 0 radical (unpaired) electrons. The minimum Gasteiger partial charge on any atom is -0.468 e. The van der Waals surface area contributed by atoms with Crippen LogP contribution in [-0.2, 0) is 0 Å². The molecule has 0 bridgehead atoms. The van der Waals surface area contributed by atoms with E-state index in [4.69, 9.17) is 0 Å². The number of aromatic nitrogens is 2. The molecule has 3 nitrogen and oxygen atoms in total. The Morgan fingerprint density at radius 1 is 0.839 bits per heavy atom. The first-order chi connectivity index (χ1) is 14.8. The first-order valence-corrected chi connectivity index (χ1v) is 9.84. The Kier molecular flexibility index (Phi) is 5.69. The summed E-state index contributed by atoms with van der Waals surface area (Å²) < 4.78 is 69.2. The lowest BCUT2D eigenvalue weighted by atomic mass is 10.0. The van der Waals surface area contributed by atoms with Crippen LogP contribution in [-0.4, -0.2) is 22.8 Å². The molecule has 9 heteroatoms. The van der Waals surface area contributed by atoms with Crippen LogP contribution in [0.4, 0.5) is 22.0 Å². The number of alkyl halides is 3. The number of nitrogens with zero attached hydrogens (tertiary/aromatic N) is 2. The minimum absolute atomic E-state index is 0.118. The van der Waals surface area contributed by atoms with Crippen molar-refractivity contribution in [2.75, 3.05) is 6.61 Å². The summed E-state index contributed by atoms with van der Waals surface area (Å²) in [5.41, 5.74) is 2.64. The Balaban J connectivity index is 1.51. The van der Waals surface area contributed by atoms with E-state index in [1.165, 1.54) is 30.5 Å². The van der Waals surface area contributed by atoms with Gasteiger partial charge in [-0.1, -0.05) is 30.3 Å². The standard InChI is InChI=1S/C22H13F5N2OS/c23-16-2-1-3-17(24)20(16)21-29-18(11-31-21)14-6-4-13(5-7-14)15-8-9-19(28-10-15)30-12-22(25,26)27/h1-11H,12H2. The number of hydrogen-bond acceptors (Lipinski definition) is 4. The number of thiazole rings is 1. The lowest BCUT2D eigenvalue weighted by Gasteiger charge is -2.09. The number of rotatable bonds is 5. The smallest absolute Gasteiger partial charge is 0.422 e. The van der Waals surface area contributed by atoms with Gasteiger partial charge in [0.05, 0.1) is 11.3 Å². The molecule has 0 aliphatic rings. The minimum atomic E-state index is -4.43. The molecular weight excluding hydrogens is 435 g/mol. The fourth-order valence-corrected chi connectivity index (χ4v) is 3.72. The highest BCUT2D eigenvalue weighted by molar-refractivity contribution is 7.13. The number of hydrogen-bond donors (Lipinski definition) is 0. The van der Waals surface area contributed by atoms with Gasteiger partial charge in [-0.25, -0.2) is 18.7 Å². The summed E-state index contributed by atoms with van der Waals surface area (Å²) in [6, 6.07) is 13.8. The Bertz CT molecular complexity index is 1170. The number of pyridine rings is 1. The molecule has 0 amide bonds. The molecule has 31 heavy (non-hydrogen) atoms. The predicted octanol–water partition coefficient (Wildman–Crippen LogP) is 6.76. The lowest BCUT2D eigenvalue weighted by Crippen LogP contribution is -2.19. The van der Waals surface area contributed by atoms with Gasteiger partial charge in [-0.05, 0) is 23.8 Å². The van der Waals surface area contributed by atoms with Crippen molar-refractivity contribution >= 4 is 11.3 Å². The average Bonchev–Trinajstić information content (AvgIpc) is 3.22. The Hall–Kier alpha value is -3.33. The van der Waals surface area contributed by atoms with Crippen LogP contribution >= 0.6 is 11.3 Å². The van der Waals surface area contributed by atoms with Crippen molar-refractivity contribution in [2.45, 2.75) is 6.18 Å². The second kappa shape index (κ2) is 8.43. The molecule has 158 valence electrons. The Morgan fingerprint density at radius 3 is 2.10 bits per heavy atom. The van der Waals surface area contributed by atoms with E-state index in [2.05, 4.69) is 14.7 Å². The zero-order valence-electron chi connectivity index (χ0n) is 15.7. The molecule has 0 fully saturated rings. The van der Waals surface area contributed by atoms with E-state index in [-0.39, 0.29) is 16.5 Å². The number of benzene rings is 2. The van der Waals surface area contributed by atoms with Gasteiger partial charge in [0.1, 0.15) is 16.6 Å². The van der Waals surface area contributed by atoms with Crippen molar-refractivity contribution in [1.29, 1.82) is 0 Å². The summed E-state index contributed by atoms with van der Waals surface area (Å²) in [6.07, 6.45) is -3.01. The van der Waals surface area contributed by atoms with Gasteiger partial charge in [0, 0.05) is 28.8 Å². The van der Waals surface area contributed by atoms with Gasteiger partial charge in [0.25, 0.3) is 0 Å². The fourth-order valence-electron chi connectivity index (χ4n) is 2.85. The van der Waals surface area contributed by atoms with Gasteiger partial charge < -0.3 is 4.74 Å². The summed E-state index contributed by atoms with van der Waals surface area (Å²) in [7, 11) is 0. The maximum absolute atomic E-state index is 14.0. The van der Waals surface area contributed by atoms with Crippen molar-refractivity contribution in [3.8, 4) is 38.8 Å². The Labute approximate surface area is 177 Å². The fraction of sp³-hybridized carbons (Fsp3) is 0.0909. The van der Waals surface area contributed by atoms with Gasteiger partial charge in [-0.3, -0.25) is 0 Å². The molecule has 0 N–H and O–H groups in total. The normalized spacial score (nSPS) is 11.5. The topological polar surface area (TPSA) is 35.0 Å². The molecule has 0 saturated carbocycles. The van der Waals surface area contributed by atoms with Crippen LogP contribution in [0.1, 0.15) is 0 Å². The first-order valence-electron chi connectivity index (χ1n) is 8.96. The first kappa shape index (κ1) is 20.9. The van der Waals surface area contributed by atoms with Crippen LogP contribution in [0, 0.1) is 11.6 Å². The quantitative estimate of drug-likeness (QED) is 0.317. The van der Waals surface area contributed by atoms with E-state index in [0.29, 0.717) is 11.3 Å². The van der Waals surface area contributed by atoms with Gasteiger partial charge in [0.15, 0.2) is 6.61 Å². The highest BCUT2D eigenvalue weighted by Gasteiger charge is 2.28. The number of ether oxygens (including phenoxy) is 1. The van der Waals surface area contributed by atoms with E-state index in [1.54, 1.807) is 35.7 Å². The second-order valence-corrected chi connectivity index (χ2v) is 7.36. The second-order valence-electron chi connectivity index (χ2n) is 6.50. The summed E-state index contributed by atoms with van der Waals surface area (Å²) in [5, 5.41) is 1.96. The third-order valence-corrected chi connectivity index (χ3v) is 5.17. The third-order valence-electron chi connectivity index (χ3n) is 4.31. The monoisotopic (exact) mass is 448 g/mol. The Morgan fingerprint density at radius 2 is 1.48 bits per heavy atom. The molecule has 2 aromatic heterocycles. The van der Waals surface area contributed by atoms with E-state index in [9.17, 15) is 22.0 Å². The summed E-state index contributed by atoms with van der Waals surface area (Å²) in [6.45, 7) is -1.40. The van der Waals surface area contributed by atoms with Gasteiger partial charge in [-0.15, -0.1) is 11.3 Å². The SMILES string of the molecule is Fc1cccc(F)c1-c1nc(-c2ccc(-c3ccc(OCC(F)(F)F)nc3)cc2)cs1. The van der Waals surface area contributed by atoms with E-state index < -0.39 is 24.4 Å². The van der Waals surface area contributed by atoms with Crippen LogP contribution in [0.15, 0.2) is 66.2 Å². The van der Waals surface area contributed by atoms with Crippen LogP contribution < -0.4 is 4.74 Å². The average molecular weight is 448 g/mol. The van der Waals surface area contributed by atoms with E-state index in [1.807, 2.05) is 0 Å². The van der Waals surface area contributed by atoms with Gasteiger partial charge in [0.2, 0.25) is 5.88 Å². The molecule has 0 saturated heterocycles. The molecule has 0 spiro atoms. The molecule has 4 aromatic rings. The molecule has 4 rings (SSSR count). The van der Waals surface area contributed by atoms with Crippen molar-refractivity contribution in [2.24, 2.45) is 0 Å². The molecule has 2 heterocycles. The summed E-state index contributed by atoms with van der Waals surface area (Å²) in [5.74, 6) is -1.47. The van der Waals surface area contributed by atoms with Crippen LogP contribution in [0.2, 0.25) is 0 Å². The molecule has 2 aromatic carbocycles. The van der Waals surface area contributed by atoms with E-state index in [0.717, 1.165) is 22.5 Å². The van der Waals surface area contributed by atoms with Crippen molar-refractivity contribution in [1.82, 2.24) is 9.97 Å². The van der Waals surface area contributed by atoms with E-state index >= 15 is 0 Å². The van der Waals surface area contributed by atoms with Crippen LogP contribution in [0.25, 0.3) is 33.0 Å². The predicted molar refractivity (Wildman–Crippen MR) is 108 cm³/mol. The zero-order chi connectivity index (χ0) is 22.0. The lowest BCUT2D eigenvalue weighted by molar-refractivity contribution is -0.154. The van der Waals surface area contributed by atoms with Crippen LogP contribution in [0.5, 0.6) is 5.88 Å². The van der Waals surface area contributed by atoms with Crippen molar-refractivity contribution < 1.29 is 26.7 Å². The van der Waals surface area contributed by atoms with Crippen molar-refractivity contribution in [3.63, 3.8) is 0 Å². The molecule has 0 atom stereocenters. The summed E-state index contributed by atoms with van der Waals surface area (Å²) in [4.78, 5) is 8.23. The molecular formula is C22H13F5N2OS. The van der Waals surface area contributed by atoms with Gasteiger partial charge in [-0.2, -0.15) is 13.2 Å². The highest BCUT2D eigenvalue weighted by atomic mass is 32.1. The van der Waals surface area contributed by atoms with Crippen molar-refractivity contribution in [3.05, 3.63) is 77.8 Å². The van der Waals surface area contributed by atoms with Crippen LogP contribution in [0.3, 0.4) is 0 Å². The molecule has 0 unspecified atom stereocenters. The maximum Gasteiger partial charge on any atom is 0.422 e. The largest absolute Gasteiger partial charge is 0.468 e. The highest BCUT2D eigenvalue weighted by Crippen LogP contribution is 2.33. The number of halogens is 5. The van der Waals surface area contributed by atoms with Gasteiger partial charge >= 0.3 is 6.18 Å². The maximum atomic E-state index is 14.0.